The molecule has 3 aromatic carbocycles. The van der Waals surface area contributed by atoms with Gasteiger partial charge in [0.15, 0.2) is 0 Å². The van der Waals surface area contributed by atoms with E-state index in [9.17, 15) is 14.7 Å². The number of aliphatic hydroxyl groups excluding tert-OH is 1. The van der Waals surface area contributed by atoms with Gasteiger partial charge in [0.25, 0.3) is 11.7 Å². The van der Waals surface area contributed by atoms with Crippen LogP contribution in [0.2, 0.25) is 5.02 Å². The standard InChI is InChI=1S/C31H25ClN2O4/c1-19-10-12-24(16-25(19)32)34-28(23-9-6-14-33-17-23)27(30(36)31(34)37)29(35)22-11-13-26(20(2)15-22)38-18-21-7-4-3-5-8-21/h3-17,28,35H,18H2,1-2H3/b29-27+. The average molecular weight is 525 g/mol. The highest BCUT2D eigenvalue weighted by molar-refractivity contribution is 6.51. The number of hydrogen-bond donors (Lipinski definition) is 1. The minimum Gasteiger partial charge on any atom is -0.507 e. The van der Waals surface area contributed by atoms with E-state index < -0.39 is 17.7 Å². The molecular weight excluding hydrogens is 500 g/mol. The minimum atomic E-state index is -0.878. The highest BCUT2D eigenvalue weighted by Gasteiger charge is 2.47. The number of ketones is 1. The lowest BCUT2D eigenvalue weighted by Gasteiger charge is -2.25. The van der Waals surface area contributed by atoms with E-state index in [1.807, 2.05) is 44.2 Å². The fourth-order valence-corrected chi connectivity index (χ4v) is 4.71. The van der Waals surface area contributed by atoms with Crippen molar-refractivity contribution in [3.05, 3.63) is 130 Å². The van der Waals surface area contributed by atoms with Crippen molar-refractivity contribution in [3.63, 3.8) is 0 Å². The molecule has 7 heteroatoms. The van der Waals surface area contributed by atoms with E-state index >= 15 is 0 Å². The zero-order valence-electron chi connectivity index (χ0n) is 20.9. The van der Waals surface area contributed by atoms with Crippen molar-refractivity contribution in [3.8, 4) is 5.75 Å². The molecule has 38 heavy (non-hydrogen) atoms. The first kappa shape index (κ1) is 25.2. The van der Waals surface area contributed by atoms with Gasteiger partial charge in [-0.2, -0.15) is 0 Å². The van der Waals surface area contributed by atoms with Crippen LogP contribution in [0.3, 0.4) is 0 Å². The lowest BCUT2D eigenvalue weighted by molar-refractivity contribution is -0.132. The van der Waals surface area contributed by atoms with Crippen molar-refractivity contribution in [2.75, 3.05) is 4.90 Å². The van der Waals surface area contributed by atoms with Crippen LogP contribution in [-0.4, -0.2) is 21.8 Å². The number of carbonyl (C=O) groups excluding carboxylic acids is 2. The Morgan fingerprint density at radius 2 is 1.76 bits per heavy atom. The molecule has 0 saturated carbocycles. The quantitative estimate of drug-likeness (QED) is 0.175. The number of benzene rings is 3. The van der Waals surface area contributed by atoms with Crippen molar-refractivity contribution < 1.29 is 19.4 Å². The van der Waals surface area contributed by atoms with Gasteiger partial charge in [-0.1, -0.05) is 54.1 Å². The third kappa shape index (κ3) is 4.78. The summed E-state index contributed by atoms with van der Waals surface area (Å²) in [4.78, 5) is 32.2. The predicted molar refractivity (Wildman–Crippen MR) is 147 cm³/mol. The minimum absolute atomic E-state index is 0.0166. The number of aryl methyl sites for hydroxylation is 2. The number of nitrogens with zero attached hydrogens (tertiary/aromatic N) is 2. The number of pyridine rings is 1. The Labute approximate surface area is 225 Å². The topological polar surface area (TPSA) is 79.7 Å². The maximum atomic E-state index is 13.4. The van der Waals surface area contributed by atoms with Crippen molar-refractivity contribution in [2.24, 2.45) is 0 Å². The van der Waals surface area contributed by atoms with Gasteiger partial charge in [-0.3, -0.25) is 19.5 Å². The summed E-state index contributed by atoms with van der Waals surface area (Å²) in [5.74, 6) is -1.14. The third-order valence-electron chi connectivity index (χ3n) is 6.56. The number of carbonyl (C=O) groups is 2. The number of aliphatic hydroxyl groups is 1. The lowest BCUT2D eigenvalue weighted by Crippen LogP contribution is -2.29. The van der Waals surface area contributed by atoms with E-state index in [0.29, 0.717) is 34.2 Å². The van der Waals surface area contributed by atoms with Crippen LogP contribution < -0.4 is 9.64 Å². The normalized spacial score (nSPS) is 16.6. The first-order valence-electron chi connectivity index (χ1n) is 12.1. The summed E-state index contributed by atoms with van der Waals surface area (Å²) in [6.45, 7) is 4.12. The Morgan fingerprint density at radius 3 is 2.45 bits per heavy atom. The second kappa shape index (κ2) is 10.5. The second-order valence-electron chi connectivity index (χ2n) is 9.14. The van der Waals surface area contributed by atoms with Gasteiger partial charge in [0, 0.05) is 28.7 Å². The maximum absolute atomic E-state index is 13.4. The molecule has 0 aliphatic carbocycles. The molecule has 1 unspecified atom stereocenters. The first-order valence-corrected chi connectivity index (χ1v) is 12.5. The number of amides is 1. The number of aromatic nitrogens is 1. The smallest absolute Gasteiger partial charge is 0.300 e. The molecule has 0 bridgehead atoms. The van der Waals surface area contributed by atoms with Gasteiger partial charge in [-0.05, 0) is 72.5 Å². The van der Waals surface area contributed by atoms with E-state index in [4.69, 9.17) is 16.3 Å². The second-order valence-corrected chi connectivity index (χ2v) is 9.55. The first-order chi connectivity index (χ1) is 18.3. The molecular formula is C31H25ClN2O4. The van der Waals surface area contributed by atoms with Crippen LogP contribution in [0.25, 0.3) is 5.76 Å². The predicted octanol–water partition coefficient (Wildman–Crippen LogP) is 6.56. The van der Waals surface area contributed by atoms with Crippen LogP contribution >= 0.6 is 11.6 Å². The number of Topliss-reactive ketones (excluding diaryl/α,β-unsaturated/α-hetero) is 1. The largest absolute Gasteiger partial charge is 0.507 e. The summed E-state index contributed by atoms with van der Waals surface area (Å²) >= 11 is 6.35. The molecule has 1 fully saturated rings. The van der Waals surface area contributed by atoms with Crippen LogP contribution in [0, 0.1) is 13.8 Å². The van der Waals surface area contributed by atoms with Crippen molar-refractivity contribution >= 4 is 34.7 Å². The van der Waals surface area contributed by atoms with Crippen molar-refractivity contribution in [2.45, 2.75) is 26.5 Å². The van der Waals surface area contributed by atoms with Crippen molar-refractivity contribution in [1.82, 2.24) is 4.98 Å². The van der Waals surface area contributed by atoms with Crippen LogP contribution in [0.1, 0.15) is 33.9 Å². The van der Waals surface area contributed by atoms with Crippen LogP contribution in [0.4, 0.5) is 5.69 Å². The summed E-state index contributed by atoms with van der Waals surface area (Å²) in [5.41, 5.74) is 4.09. The third-order valence-corrected chi connectivity index (χ3v) is 6.97. The van der Waals surface area contributed by atoms with E-state index in [-0.39, 0.29) is 11.3 Å². The molecule has 0 radical (unpaired) electrons. The van der Waals surface area contributed by atoms with Crippen LogP contribution in [0.15, 0.2) is 96.8 Å². The fraction of sp³-hybridized carbons (Fsp3) is 0.129. The van der Waals surface area contributed by atoms with Gasteiger partial charge in [0.05, 0.1) is 11.6 Å². The molecule has 1 amide bonds. The number of hydrogen-bond acceptors (Lipinski definition) is 5. The summed E-state index contributed by atoms with van der Waals surface area (Å²) < 4.78 is 5.96. The Hall–Kier alpha value is -4.42. The zero-order valence-corrected chi connectivity index (χ0v) is 21.6. The van der Waals surface area contributed by atoms with Crippen molar-refractivity contribution in [1.29, 1.82) is 0 Å². The average Bonchev–Trinajstić information content (AvgIpc) is 3.20. The maximum Gasteiger partial charge on any atom is 0.300 e. The van der Waals surface area contributed by atoms with E-state index in [0.717, 1.165) is 16.7 Å². The fourth-order valence-electron chi connectivity index (χ4n) is 4.53. The molecule has 1 N–H and O–H groups in total. The summed E-state index contributed by atoms with van der Waals surface area (Å²) in [5, 5.41) is 11.9. The van der Waals surface area contributed by atoms with E-state index in [1.165, 1.54) is 4.90 Å². The number of rotatable bonds is 6. The monoisotopic (exact) mass is 524 g/mol. The van der Waals surface area contributed by atoms with Gasteiger partial charge < -0.3 is 9.84 Å². The highest BCUT2D eigenvalue weighted by atomic mass is 35.5. The number of ether oxygens (including phenoxy) is 1. The Morgan fingerprint density at radius 1 is 0.974 bits per heavy atom. The van der Waals surface area contributed by atoms with Gasteiger partial charge in [-0.15, -0.1) is 0 Å². The molecule has 6 nitrogen and oxygen atoms in total. The number of halogens is 1. The Kier molecular flexibility index (Phi) is 6.99. The van der Waals surface area contributed by atoms with Crippen LogP contribution in [0.5, 0.6) is 5.75 Å². The molecule has 1 atom stereocenters. The molecule has 190 valence electrons. The molecule has 1 aliphatic rings. The molecule has 4 aromatic rings. The molecule has 1 aliphatic heterocycles. The Balaban J connectivity index is 1.55. The summed E-state index contributed by atoms with van der Waals surface area (Å²) in [6, 6.07) is 22.8. The molecule has 5 rings (SSSR count). The Bertz CT molecular complexity index is 1550. The molecule has 1 aromatic heterocycles. The lowest BCUT2D eigenvalue weighted by atomic mass is 9.95. The van der Waals surface area contributed by atoms with Gasteiger partial charge in [0.2, 0.25) is 0 Å². The highest BCUT2D eigenvalue weighted by Crippen LogP contribution is 2.43. The van der Waals surface area contributed by atoms with E-state index in [2.05, 4.69) is 4.98 Å². The van der Waals surface area contributed by atoms with Crippen LogP contribution in [-0.2, 0) is 16.2 Å². The SMILES string of the molecule is Cc1ccc(N2C(=O)C(=O)/C(=C(/O)c3ccc(OCc4ccccc4)c(C)c3)C2c2cccnc2)cc1Cl. The van der Waals surface area contributed by atoms with Gasteiger partial charge in [0.1, 0.15) is 18.1 Å². The molecule has 2 heterocycles. The summed E-state index contributed by atoms with van der Waals surface area (Å²) in [7, 11) is 0. The van der Waals surface area contributed by atoms with Gasteiger partial charge >= 0.3 is 0 Å². The zero-order chi connectivity index (χ0) is 26.8. The number of anilines is 1. The molecule has 1 saturated heterocycles. The van der Waals surface area contributed by atoms with Gasteiger partial charge in [-0.25, -0.2) is 0 Å². The summed E-state index contributed by atoms with van der Waals surface area (Å²) in [6.07, 6.45) is 3.19. The van der Waals surface area contributed by atoms with E-state index in [1.54, 1.807) is 60.9 Å². The molecule has 0 spiro atoms.